The van der Waals surface area contributed by atoms with Gasteiger partial charge in [-0.1, -0.05) is 13.8 Å². The first-order chi connectivity index (χ1) is 7.04. The Bertz CT molecular complexity index is 218. The van der Waals surface area contributed by atoms with Gasteiger partial charge in [0.2, 0.25) is 0 Å². The second kappa shape index (κ2) is 15.6. The van der Waals surface area contributed by atoms with Crippen LogP contribution in [0.15, 0.2) is 18.7 Å². The van der Waals surface area contributed by atoms with Gasteiger partial charge in [-0.25, -0.2) is 4.98 Å². The molecule has 1 aromatic heterocycles. The summed E-state index contributed by atoms with van der Waals surface area (Å²) in [7, 11) is 0. The average Bonchev–Trinajstić information content (AvgIpc) is 2.76. The maximum Gasteiger partial charge on any atom is 0.303 e. The molecule has 16 heavy (non-hydrogen) atoms. The fourth-order valence-electron chi connectivity index (χ4n) is 0.215. The second-order valence-corrected chi connectivity index (χ2v) is 2.26. The summed E-state index contributed by atoms with van der Waals surface area (Å²) in [6.45, 7) is 3.20. The van der Waals surface area contributed by atoms with Crippen molar-refractivity contribution in [1.82, 2.24) is 16.1 Å². The third-order valence-electron chi connectivity index (χ3n) is 1.01. The smallest absolute Gasteiger partial charge is 0.303 e. The third kappa shape index (κ3) is 29.6. The van der Waals surface area contributed by atoms with Crippen molar-refractivity contribution in [2.45, 2.75) is 26.7 Å². The maximum atomic E-state index is 9.37. The van der Waals surface area contributed by atoms with Crippen molar-refractivity contribution in [2.24, 2.45) is 0 Å². The molecule has 0 aliphatic carbocycles. The quantitative estimate of drug-likeness (QED) is 0.611. The molecule has 0 aliphatic heterocycles. The molecule has 0 aliphatic rings. The summed E-state index contributed by atoms with van der Waals surface area (Å²) in [6, 6.07) is 0. The number of carboxylic acids is 2. The molecule has 0 bridgehead atoms. The Balaban J connectivity index is -0.000000154. The topological polar surface area (TPSA) is 138 Å². The van der Waals surface area contributed by atoms with Gasteiger partial charge < -0.3 is 21.3 Å². The number of carbonyl (C=O) groups is 2. The molecule has 6 N–H and O–H groups in total. The van der Waals surface area contributed by atoms with Gasteiger partial charge in [0.25, 0.3) is 0 Å². The largest absolute Gasteiger partial charge is 0.481 e. The molecular formula is C9H19N3O4. The Morgan fingerprint density at radius 3 is 1.62 bits per heavy atom. The first-order valence-electron chi connectivity index (χ1n) is 4.40. The molecule has 7 heteroatoms. The van der Waals surface area contributed by atoms with Crippen LogP contribution in [-0.4, -0.2) is 32.1 Å². The van der Waals surface area contributed by atoms with Crippen LogP contribution in [0, 0.1) is 0 Å². The Morgan fingerprint density at radius 2 is 1.56 bits per heavy atom. The highest BCUT2D eigenvalue weighted by atomic mass is 16.4. The van der Waals surface area contributed by atoms with Crippen LogP contribution in [0.1, 0.15) is 26.7 Å². The van der Waals surface area contributed by atoms with Gasteiger partial charge in [-0.3, -0.25) is 9.59 Å². The van der Waals surface area contributed by atoms with Crippen LogP contribution in [0.5, 0.6) is 0 Å². The van der Waals surface area contributed by atoms with Crippen molar-refractivity contribution in [3.05, 3.63) is 18.7 Å². The highest BCUT2D eigenvalue weighted by molar-refractivity contribution is 5.66. The Hall–Kier alpha value is -1.89. The number of imidazole rings is 1. The first kappa shape index (κ1) is 19.6. The number of rotatable bonds is 2. The molecule has 0 saturated carbocycles. The van der Waals surface area contributed by atoms with Crippen molar-refractivity contribution in [3.8, 4) is 0 Å². The first-order valence-corrected chi connectivity index (χ1v) is 4.40. The number of H-pyrrole nitrogens is 1. The predicted octanol–water partition coefficient (Wildman–Crippen LogP) is 1.53. The van der Waals surface area contributed by atoms with Gasteiger partial charge in [0.1, 0.15) is 0 Å². The van der Waals surface area contributed by atoms with Gasteiger partial charge in [-0.2, -0.15) is 0 Å². The molecule has 1 rings (SSSR count). The lowest BCUT2D eigenvalue weighted by molar-refractivity contribution is -0.137. The van der Waals surface area contributed by atoms with E-state index in [0.29, 0.717) is 0 Å². The van der Waals surface area contributed by atoms with Crippen molar-refractivity contribution in [2.75, 3.05) is 0 Å². The zero-order chi connectivity index (χ0) is 12.1. The molecule has 0 spiro atoms. The minimum absolute atomic E-state index is 0. The lowest BCUT2D eigenvalue weighted by Gasteiger charge is -1.71. The fourth-order valence-corrected chi connectivity index (χ4v) is 0.215. The van der Waals surface area contributed by atoms with Crippen molar-refractivity contribution < 1.29 is 19.8 Å². The zero-order valence-corrected chi connectivity index (χ0v) is 9.51. The number of aliphatic carboxylic acids is 2. The predicted molar refractivity (Wildman–Crippen MR) is 59.5 cm³/mol. The number of carboxylic acid groups (broad SMARTS) is 2. The van der Waals surface area contributed by atoms with Crippen LogP contribution in [0.4, 0.5) is 0 Å². The summed E-state index contributed by atoms with van der Waals surface area (Å²) in [6.07, 6.45) is 5.53. The van der Waals surface area contributed by atoms with Gasteiger partial charge >= 0.3 is 11.9 Å². The minimum atomic E-state index is -0.745. The molecular weight excluding hydrogens is 214 g/mol. The van der Waals surface area contributed by atoms with Gasteiger partial charge in [-0.05, 0) is 0 Å². The Labute approximate surface area is 94.1 Å². The summed E-state index contributed by atoms with van der Waals surface area (Å²) >= 11 is 0. The molecule has 1 aromatic rings. The number of nitrogens with zero attached hydrogens (tertiary/aromatic N) is 1. The molecule has 0 aromatic carbocycles. The van der Waals surface area contributed by atoms with E-state index in [0.717, 1.165) is 0 Å². The van der Waals surface area contributed by atoms with Crippen molar-refractivity contribution in [3.63, 3.8) is 0 Å². The van der Waals surface area contributed by atoms with E-state index in [4.69, 9.17) is 10.2 Å². The Kier molecular flexibility index (Phi) is 19.1. The molecule has 0 fully saturated rings. The fraction of sp³-hybridized carbons (Fsp3) is 0.444. The van der Waals surface area contributed by atoms with Crippen molar-refractivity contribution in [1.29, 1.82) is 0 Å². The van der Waals surface area contributed by atoms with E-state index >= 15 is 0 Å². The number of nitrogens with one attached hydrogen (secondary N) is 1. The molecule has 0 saturated heterocycles. The van der Waals surface area contributed by atoms with E-state index in [1.807, 2.05) is 0 Å². The number of hydrogen-bond acceptors (Lipinski definition) is 4. The van der Waals surface area contributed by atoms with Gasteiger partial charge in [0.15, 0.2) is 0 Å². The van der Waals surface area contributed by atoms with E-state index in [-0.39, 0.29) is 19.0 Å². The monoisotopic (exact) mass is 233 g/mol. The maximum absolute atomic E-state index is 9.37. The number of aromatic nitrogens is 2. The second-order valence-electron chi connectivity index (χ2n) is 2.26. The van der Waals surface area contributed by atoms with Crippen LogP contribution in [-0.2, 0) is 9.59 Å². The lowest BCUT2D eigenvalue weighted by atomic mass is 10.5. The van der Waals surface area contributed by atoms with E-state index in [9.17, 15) is 9.59 Å². The SMILES string of the molecule is CCC(=O)O.CCC(=O)O.N.c1c[nH]cn1. The number of aromatic amines is 1. The van der Waals surface area contributed by atoms with E-state index < -0.39 is 11.9 Å². The van der Waals surface area contributed by atoms with Crippen LogP contribution >= 0.6 is 0 Å². The molecule has 7 nitrogen and oxygen atoms in total. The Morgan fingerprint density at radius 1 is 1.19 bits per heavy atom. The molecule has 0 radical (unpaired) electrons. The summed E-state index contributed by atoms with van der Waals surface area (Å²) in [5.41, 5.74) is 0. The van der Waals surface area contributed by atoms with Crippen LogP contribution in [0.3, 0.4) is 0 Å². The number of hydrogen-bond donors (Lipinski definition) is 4. The van der Waals surface area contributed by atoms with Gasteiger partial charge in [0.05, 0.1) is 6.33 Å². The third-order valence-corrected chi connectivity index (χ3v) is 1.01. The standard InChI is InChI=1S/C3H4N2.2C3H6O2.H3N/c1-2-5-3-4-1;2*1-2-3(4)5;/h1-3H,(H,4,5);2*2H2,1H3,(H,4,5);1H3. The molecule has 1 heterocycles. The van der Waals surface area contributed by atoms with Gasteiger partial charge in [-0.15, -0.1) is 0 Å². The highest BCUT2D eigenvalue weighted by Gasteiger charge is 1.81. The summed E-state index contributed by atoms with van der Waals surface area (Å²) < 4.78 is 0. The van der Waals surface area contributed by atoms with Gasteiger partial charge in [0, 0.05) is 25.2 Å². The summed E-state index contributed by atoms with van der Waals surface area (Å²) in [4.78, 5) is 25.2. The highest BCUT2D eigenvalue weighted by Crippen LogP contribution is 1.67. The minimum Gasteiger partial charge on any atom is -0.481 e. The molecule has 0 unspecified atom stereocenters. The average molecular weight is 233 g/mol. The van der Waals surface area contributed by atoms with Crippen molar-refractivity contribution >= 4 is 11.9 Å². The van der Waals surface area contributed by atoms with E-state index in [2.05, 4.69) is 9.97 Å². The van der Waals surface area contributed by atoms with E-state index in [1.165, 1.54) is 0 Å². The van der Waals surface area contributed by atoms with Crippen LogP contribution in [0.25, 0.3) is 0 Å². The summed E-state index contributed by atoms with van der Waals surface area (Å²) in [5, 5.41) is 15.4. The summed E-state index contributed by atoms with van der Waals surface area (Å²) in [5.74, 6) is -1.49. The van der Waals surface area contributed by atoms with Crippen LogP contribution < -0.4 is 6.15 Å². The van der Waals surface area contributed by atoms with E-state index in [1.54, 1.807) is 32.6 Å². The molecule has 0 amide bonds. The lowest BCUT2D eigenvalue weighted by Crippen LogP contribution is -1.86. The molecule has 0 atom stereocenters. The zero-order valence-electron chi connectivity index (χ0n) is 9.51. The normalized spacial score (nSPS) is 7.12. The van der Waals surface area contributed by atoms with Crippen LogP contribution in [0.2, 0.25) is 0 Å². The molecule has 94 valence electrons.